The van der Waals surface area contributed by atoms with E-state index in [0.29, 0.717) is 6.61 Å². The summed E-state index contributed by atoms with van der Waals surface area (Å²) in [5, 5.41) is 0. The first kappa shape index (κ1) is 10.2. The highest BCUT2D eigenvalue weighted by molar-refractivity contribution is 9.10. The van der Waals surface area contributed by atoms with E-state index in [1.165, 1.54) is 0 Å². The lowest BCUT2D eigenvalue weighted by Gasteiger charge is -2.04. The molecule has 0 aliphatic heterocycles. The Bertz CT molecular complexity index is 453. The van der Waals surface area contributed by atoms with Crippen LogP contribution in [0, 0.1) is 0 Å². The van der Waals surface area contributed by atoms with Crippen LogP contribution in [0.15, 0.2) is 35.2 Å². The molecule has 0 radical (unpaired) electrons. The van der Waals surface area contributed by atoms with Crippen molar-refractivity contribution in [3.05, 3.63) is 35.2 Å². The van der Waals surface area contributed by atoms with Crippen LogP contribution in [-0.4, -0.2) is 16.6 Å². The Morgan fingerprint density at radius 2 is 2.33 bits per heavy atom. The lowest BCUT2D eigenvalue weighted by Crippen LogP contribution is -1.91. The van der Waals surface area contributed by atoms with Crippen LogP contribution < -0.4 is 4.74 Å². The van der Waals surface area contributed by atoms with Gasteiger partial charge in [-0.3, -0.25) is 0 Å². The molecule has 78 valence electrons. The van der Waals surface area contributed by atoms with Crippen LogP contribution in [0.2, 0.25) is 0 Å². The summed E-state index contributed by atoms with van der Waals surface area (Å²) in [6, 6.07) is 7.88. The van der Waals surface area contributed by atoms with E-state index < -0.39 is 0 Å². The molecule has 1 heterocycles. The van der Waals surface area contributed by atoms with Crippen LogP contribution in [-0.2, 0) is 0 Å². The second-order valence-corrected chi connectivity index (χ2v) is 3.82. The number of aromatic nitrogens is 2. The summed E-state index contributed by atoms with van der Waals surface area (Å²) in [7, 11) is 0. The van der Waals surface area contributed by atoms with Crippen molar-refractivity contribution in [1.82, 2.24) is 9.97 Å². The Labute approximate surface area is 96.6 Å². The Morgan fingerprint density at radius 1 is 1.47 bits per heavy atom. The van der Waals surface area contributed by atoms with Crippen molar-refractivity contribution in [2.24, 2.45) is 0 Å². The molecule has 0 unspecified atom stereocenters. The predicted octanol–water partition coefficient (Wildman–Crippen LogP) is 3.24. The summed E-state index contributed by atoms with van der Waals surface area (Å²) in [6.45, 7) is 2.64. The molecular weight excluding hydrogens is 256 g/mol. The van der Waals surface area contributed by atoms with Gasteiger partial charge in [0.25, 0.3) is 0 Å². The highest BCUT2D eigenvalue weighted by Gasteiger charge is 2.06. The van der Waals surface area contributed by atoms with Gasteiger partial charge in [0.05, 0.1) is 12.9 Å². The normalized spacial score (nSPS) is 10.3. The molecule has 2 aromatic rings. The van der Waals surface area contributed by atoms with Crippen molar-refractivity contribution < 1.29 is 4.74 Å². The minimum Gasteiger partial charge on any atom is -0.494 e. The fourth-order valence-electron chi connectivity index (χ4n) is 1.38. The number of benzene rings is 1. The van der Waals surface area contributed by atoms with E-state index in [2.05, 4.69) is 25.9 Å². The predicted molar refractivity (Wildman–Crippen MR) is 62.9 cm³/mol. The standard InChI is InChI=1S/C11H11BrN2O/c1-2-15-9-5-3-4-8(6-9)10-11(12)14-7-13-10/h3-7H,2H2,1H3,(H,13,14). The molecule has 0 saturated heterocycles. The maximum Gasteiger partial charge on any atom is 0.119 e. The lowest BCUT2D eigenvalue weighted by molar-refractivity contribution is 0.340. The van der Waals surface area contributed by atoms with Gasteiger partial charge in [0, 0.05) is 5.56 Å². The molecule has 3 nitrogen and oxygen atoms in total. The zero-order chi connectivity index (χ0) is 10.7. The molecule has 0 aliphatic carbocycles. The van der Waals surface area contributed by atoms with Gasteiger partial charge in [0.15, 0.2) is 0 Å². The number of nitrogens with one attached hydrogen (secondary N) is 1. The summed E-state index contributed by atoms with van der Waals surface area (Å²) in [5.74, 6) is 0.866. The van der Waals surface area contributed by atoms with Crippen molar-refractivity contribution in [1.29, 1.82) is 0 Å². The average Bonchev–Trinajstić information content (AvgIpc) is 2.65. The number of H-pyrrole nitrogens is 1. The Hall–Kier alpha value is -1.29. The SMILES string of the molecule is CCOc1cccc(-c2nc[nH]c2Br)c1. The van der Waals surface area contributed by atoms with E-state index >= 15 is 0 Å². The molecular formula is C11H11BrN2O. The van der Waals surface area contributed by atoms with Crippen molar-refractivity contribution in [2.45, 2.75) is 6.92 Å². The molecule has 1 aromatic carbocycles. The van der Waals surface area contributed by atoms with Gasteiger partial charge in [0.1, 0.15) is 16.0 Å². The second-order valence-electron chi connectivity index (χ2n) is 3.03. The van der Waals surface area contributed by atoms with Crippen molar-refractivity contribution in [3.8, 4) is 17.0 Å². The molecule has 0 saturated carbocycles. The minimum absolute atomic E-state index is 0.672. The average molecular weight is 267 g/mol. The third-order valence-electron chi connectivity index (χ3n) is 2.01. The van der Waals surface area contributed by atoms with Gasteiger partial charge < -0.3 is 9.72 Å². The molecule has 0 amide bonds. The van der Waals surface area contributed by atoms with Crippen LogP contribution in [0.1, 0.15) is 6.92 Å². The van der Waals surface area contributed by atoms with E-state index in [4.69, 9.17) is 4.74 Å². The van der Waals surface area contributed by atoms with E-state index in [0.717, 1.165) is 21.6 Å². The summed E-state index contributed by atoms with van der Waals surface area (Å²) >= 11 is 3.41. The first-order valence-electron chi connectivity index (χ1n) is 4.73. The Morgan fingerprint density at radius 3 is 3.00 bits per heavy atom. The van der Waals surface area contributed by atoms with E-state index in [1.54, 1.807) is 6.33 Å². The number of rotatable bonds is 3. The highest BCUT2D eigenvalue weighted by Crippen LogP contribution is 2.27. The smallest absolute Gasteiger partial charge is 0.119 e. The fourth-order valence-corrected chi connectivity index (χ4v) is 1.81. The minimum atomic E-state index is 0.672. The van der Waals surface area contributed by atoms with Gasteiger partial charge in [-0.25, -0.2) is 4.98 Å². The van der Waals surface area contributed by atoms with Crippen molar-refractivity contribution in [2.75, 3.05) is 6.61 Å². The molecule has 2 rings (SSSR count). The van der Waals surface area contributed by atoms with Crippen LogP contribution >= 0.6 is 15.9 Å². The Kier molecular flexibility index (Phi) is 3.06. The van der Waals surface area contributed by atoms with Crippen LogP contribution in [0.3, 0.4) is 0 Å². The van der Waals surface area contributed by atoms with Crippen molar-refractivity contribution >= 4 is 15.9 Å². The number of hydrogen-bond acceptors (Lipinski definition) is 2. The molecule has 0 spiro atoms. The summed E-state index contributed by atoms with van der Waals surface area (Å²) in [5.41, 5.74) is 1.94. The maximum absolute atomic E-state index is 5.43. The van der Waals surface area contributed by atoms with Gasteiger partial charge >= 0.3 is 0 Å². The fraction of sp³-hybridized carbons (Fsp3) is 0.182. The molecule has 15 heavy (non-hydrogen) atoms. The summed E-state index contributed by atoms with van der Waals surface area (Å²) in [6.07, 6.45) is 1.66. The molecule has 1 N–H and O–H groups in total. The lowest BCUT2D eigenvalue weighted by atomic mass is 10.1. The van der Waals surface area contributed by atoms with E-state index in [9.17, 15) is 0 Å². The van der Waals surface area contributed by atoms with Gasteiger partial charge in [0.2, 0.25) is 0 Å². The molecule has 0 aliphatic rings. The number of hydrogen-bond donors (Lipinski definition) is 1. The van der Waals surface area contributed by atoms with Gasteiger partial charge in [-0.2, -0.15) is 0 Å². The molecule has 4 heteroatoms. The topological polar surface area (TPSA) is 37.9 Å². The zero-order valence-electron chi connectivity index (χ0n) is 8.33. The molecule has 0 bridgehead atoms. The number of halogens is 1. The second kappa shape index (κ2) is 4.49. The maximum atomic E-state index is 5.43. The highest BCUT2D eigenvalue weighted by atomic mass is 79.9. The molecule has 0 fully saturated rings. The number of nitrogens with zero attached hydrogens (tertiary/aromatic N) is 1. The van der Waals surface area contributed by atoms with Crippen LogP contribution in [0.5, 0.6) is 5.75 Å². The monoisotopic (exact) mass is 266 g/mol. The number of aromatic amines is 1. The van der Waals surface area contributed by atoms with Gasteiger partial charge in [-0.05, 0) is 35.0 Å². The Balaban J connectivity index is 2.37. The zero-order valence-corrected chi connectivity index (χ0v) is 9.91. The number of ether oxygens (including phenoxy) is 1. The van der Waals surface area contributed by atoms with Gasteiger partial charge in [-0.15, -0.1) is 0 Å². The van der Waals surface area contributed by atoms with Crippen LogP contribution in [0.25, 0.3) is 11.3 Å². The largest absolute Gasteiger partial charge is 0.494 e. The van der Waals surface area contributed by atoms with E-state index in [-0.39, 0.29) is 0 Å². The van der Waals surface area contributed by atoms with Gasteiger partial charge in [-0.1, -0.05) is 12.1 Å². The first-order valence-corrected chi connectivity index (χ1v) is 5.52. The van der Waals surface area contributed by atoms with Crippen molar-refractivity contribution in [3.63, 3.8) is 0 Å². The quantitative estimate of drug-likeness (QED) is 0.927. The summed E-state index contributed by atoms with van der Waals surface area (Å²) in [4.78, 5) is 7.21. The molecule has 0 atom stereocenters. The number of imidazole rings is 1. The third kappa shape index (κ3) is 2.21. The van der Waals surface area contributed by atoms with Crippen LogP contribution in [0.4, 0.5) is 0 Å². The third-order valence-corrected chi connectivity index (χ3v) is 2.62. The van der Waals surface area contributed by atoms with E-state index in [1.807, 2.05) is 31.2 Å². The molecule has 1 aromatic heterocycles. The first-order chi connectivity index (χ1) is 7.31. The summed E-state index contributed by atoms with van der Waals surface area (Å²) < 4.78 is 6.32.